The molecule has 8 heteroatoms. The van der Waals surface area contributed by atoms with Gasteiger partial charge in [0.25, 0.3) is 0 Å². The van der Waals surface area contributed by atoms with Crippen molar-refractivity contribution in [2.45, 2.75) is 32.1 Å². The van der Waals surface area contributed by atoms with Crippen molar-refractivity contribution in [2.24, 2.45) is 16.2 Å². The van der Waals surface area contributed by atoms with Crippen molar-refractivity contribution in [1.29, 1.82) is 0 Å². The summed E-state index contributed by atoms with van der Waals surface area (Å²) in [7, 11) is 0. The first kappa shape index (κ1) is 14.3. The zero-order valence-corrected chi connectivity index (χ0v) is 10.5. The third kappa shape index (κ3) is 1.17. The fourth-order valence-corrected chi connectivity index (χ4v) is 4.20. The third-order valence-electron chi connectivity index (χ3n) is 4.97. The van der Waals surface area contributed by atoms with Gasteiger partial charge < -0.3 is 20.4 Å². The molecular formula is C12H14O8. The molecule has 2 rings (SSSR count). The van der Waals surface area contributed by atoms with Crippen LogP contribution in [0.15, 0.2) is 0 Å². The lowest BCUT2D eigenvalue weighted by molar-refractivity contribution is -0.245. The summed E-state index contributed by atoms with van der Waals surface area (Å²) in [6, 6.07) is 0. The van der Waals surface area contributed by atoms with E-state index in [9.17, 15) is 39.6 Å². The number of hydrogen-bond acceptors (Lipinski definition) is 4. The molecule has 1 spiro atoms. The van der Waals surface area contributed by atoms with Crippen LogP contribution in [0.3, 0.4) is 0 Å². The minimum absolute atomic E-state index is 0.216. The number of aliphatic carboxylic acids is 4. The summed E-state index contributed by atoms with van der Waals surface area (Å²) in [5.74, 6) is -7.59. The molecule has 0 radical (unpaired) electrons. The topological polar surface area (TPSA) is 149 Å². The van der Waals surface area contributed by atoms with E-state index in [1.807, 2.05) is 0 Å². The Morgan fingerprint density at radius 2 is 1.10 bits per heavy atom. The maximum atomic E-state index is 11.6. The van der Waals surface area contributed by atoms with E-state index in [1.165, 1.54) is 0 Å². The molecule has 0 unspecified atom stereocenters. The fourth-order valence-electron chi connectivity index (χ4n) is 4.20. The van der Waals surface area contributed by atoms with E-state index in [2.05, 4.69) is 0 Å². The summed E-state index contributed by atoms with van der Waals surface area (Å²) in [5.41, 5.74) is -6.91. The van der Waals surface area contributed by atoms with E-state index in [1.54, 1.807) is 0 Å². The van der Waals surface area contributed by atoms with Crippen LogP contribution in [0.2, 0.25) is 0 Å². The van der Waals surface area contributed by atoms with E-state index < -0.39 is 46.5 Å². The van der Waals surface area contributed by atoms with Crippen LogP contribution >= 0.6 is 0 Å². The van der Waals surface area contributed by atoms with Crippen LogP contribution in [0.25, 0.3) is 0 Å². The summed E-state index contributed by atoms with van der Waals surface area (Å²) in [6.07, 6.45) is 1.11. The van der Waals surface area contributed by atoms with Crippen LogP contribution in [-0.4, -0.2) is 44.3 Å². The average molecular weight is 286 g/mol. The zero-order valence-electron chi connectivity index (χ0n) is 10.5. The molecule has 0 aliphatic heterocycles. The van der Waals surface area contributed by atoms with Crippen LogP contribution < -0.4 is 0 Å². The van der Waals surface area contributed by atoms with Crippen molar-refractivity contribution in [3.8, 4) is 0 Å². The number of carboxylic acid groups (broad SMARTS) is 4. The van der Waals surface area contributed by atoms with Gasteiger partial charge in [0.15, 0.2) is 10.8 Å². The molecule has 0 atom stereocenters. The Balaban J connectivity index is 2.74. The van der Waals surface area contributed by atoms with Crippen molar-refractivity contribution in [3.63, 3.8) is 0 Å². The van der Waals surface area contributed by atoms with E-state index in [0.29, 0.717) is 12.8 Å². The minimum Gasteiger partial charge on any atom is -0.480 e. The molecule has 110 valence electrons. The third-order valence-corrected chi connectivity index (χ3v) is 4.97. The Morgan fingerprint density at radius 3 is 1.40 bits per heavy atom. The standard InChI is InChI=1S/C12H14O8/c13-6(14)11(7(15)16)5-10(3-1-2-4-10)12(11,8(17)18)9(19)20/h1-5H2,(H,13,14)(H,15,16)(H,17,18)(H,19,20). The molecule has 0 heterocycles. The molecule has 2 fully saturated rings. The number of carboxylic acids is 4. The van der Waals surface area contributed by atoms with Gasteiger partial charge in [-0.25, -0.2) is 0 Å². The first-order chi connectivity index (χ1) is 9.19. The molecule has 2 aliphatic carbocycles. The molecule has 2 aliphatic rings. The summed E-state index contributed by atoms with van der Waals surface area (Å²) >= 11 is 0. The molecule has 0 bridgehead atoms. The molecule has 8 nitrogen and oxygen atoms in total. The average Bonchev–Trinajstić information content (AvgIpc) is 2.74. The number of carbonyl (C=O) groups is 4. The maximum Gasteiger partial charge on any atom is 0.323 e. The fraction of sp³-hybridized carbons (Fsp3) is 0.667. The highest BCUT2D eigenvalue weighted by Gasteiger charge is 2.88. The first-order valence-corrected chi connectivity index (χ1v) is 6.13. The summed E-state index contributed by atoms with van der Waals surface area (Å²) < 4.78 is 0. The van der Waals surface area contributed by atoms with E-state index >= 15 is 0 Å². The van der Waals surface area contributed by atoms with Crippen molar-refractivity contribution in [3.05, 3.63) is 0 Å². The maximum absolute atomic E-state index is 11.6. The quantitative estimate of drug-likeness (QED) is 0.537. The second-order valence-corrected chi connectivity index (χ2v) is 5.54. The van der Waals surface area contributed by atoms with Crippen LogP contribution in [0.5, 0.6) is 0 Å². The number of rotatable bonds is 4. The largest absolute Gasteiger partial charge is 0.480 e. The molecule has 0 saturated heterocycles. The van der Waals surface area contributed by atoms with Gasteiger partial charge in [-0.2, -0.15) is 0 Å². The summed E-state index contributed by atoms with van der Waals surface area (Å²) in [5, 5.41) is 37.3. The predicted octanol–water partition coefficient (Wildman–Crippen LogP) is 0.262. The summed E-state index contributed by atoms with van der Waals surface area (Å²) in [4.78, 5) is 46.1. The van der Waals surface area contributed by atoms with E-state index in [4.69, 9.17) is 0 Å². The lowest BCUT2D eigenvalue weighted by atomic mass is 9.35. The normalized spacial score (nSPS) is 24.8. The Kier molecular flexibility index (Phi) is 2.81. The molecule has 20 heavy (non-hydrogen) atoms. The minimum atomic E-state index is -2.81. The Morgan fingerprint density at radius 1 is 0.700 bits per heavy atom. The SMILES string of the molecule is O=C(O)C1(C(=O)O)CC2(CCCC2)C1(C(=O)O)C(=O)O. The molecule has 0 aromatic rings. The lowest BCUT2D eigenvalue weighted by Crippen LogP contribution is -2.77. The Hall–Kier alpha value is -2.12. The van der Waals surface area contributed by atoms with Crippen molar-refractivity contribution in [2.75, 3.05) is 0 Å². The van der Waals surface area contributed by atoms with Gasteiger partial charge in [0, 0.05) is 5.41 Å². The van der Waals surface area contributed by atoms with Crippen molar-refractivity contribution in [1.82, 2.24) is 0 Å². The second-order valence-electron chi connectivity index (χ2n) is 5.54. The number of hydrogen-bond donors (Lipinski definition) is 4. The summed E-state index contributed by atoms with van der Waals surface area (Å²) in [6.45, 7) is 0. The van der Waals surface area contributed by atoms with Gasteiger partial charge in [-0.05, 0) is 19.3 Å². The van der Waals surface area contributed by atoms with Crippen molar-refractivity contribution < 1.29 is 39.6 Å². The Labute approximate surface area is 113 Å². The highest BCUT2D eigenvalue weighted by atomic mass is 16.4. The second kappa shape index (κ2) is 3.94. The predicted molar refractivity (Wildman–Crippen MR) is 60.9 cm³/mol. The first-order valence-electron chi connectivity index (χ1n) is 6.13. The highest BCUT2D eigenvalue weighted by Crippen LogP contribution is 2.74. The monoisotopic (exact) mass is 286 g/mol. The van der Waals surface area contributed by atoms with Gasteiger partial charge in [0.1, 0.15) is 0 Å². The van der Waals surface area contributed by atoms with Gasteiger partial charge >= 0.3 is 23.9 Å². The van der Waals surface area contributed by atoms with E-state index in [-0.39, 0.29) is 12.8 Å². The molecule has 0 aromatic heterocycles. The molecular weight excluding hydrogens is 272 g/mol. The molecule has 0 aromatic carbocycles. The van der Waals surface area contributed by atoms with Crippen LogP contribution in [0.4, 0.5) is 0 Å². The van der Waals surface area contributed by atoms with Gasteiger partial charge in [-0.15, -0.1) is 0 Å². The Bertz CT molecular complexity index is 486. The van der Waals surface area contributed by atoms with Gasteiger partial charge in [0.05, 0.1) is 0 Å². The van der Waals surface area contributed by atoms with Crippen LogP contribution in [0.1, 0.15) is 32.1 Å². The van der Waals surface area contributed by atoms with Gasteiger partial charge in [0.2, 0.25) is 0 Å². The molecule has 4 N–H and O–H groups in total. The van der Waals surface area contributed by atoms with Crippen LogP contribution in [-0.2, 0) is 19.2 Å². The molecule has 0 amide bonds. The zero-order chi connectivity index (χ0) is 15.3. The van der Waals surface area contributed by atoms with Crippen molar-refractivity contribution >= 4 is 23.9 Å². The smallest absolute Gasteiger partial charge is 0.323 e. The lowest BCUT2D eigenvalue weighted by Gasteiger charge is -2.61. The highest BCUT2D eigenvalue weighted by molar-refractivity contribution is 6.16. The van der Waals surface area contributed by atoms with Gasteiger partial charge in [-0.1, -0.05) is 12.8 Å². The van der Waals surface area contributed by atoms with Crippen LogP contribution in [0, 0.1) is 16.2 Å². The van der Waals surface area contributed by atoms with Gasteiger partial charge in [-0.3, -0.25) is 19.2 Å². The van der Waals surface area contributed by atoms with E-state index in [0.717, 1.165) is 0 Å². The molecule has 2 saturated carbocycles.